The predicted octanol–water partition coefficient (Wildman–Crippen LogP) is 6.86. The molecule has 0 unspecified atom stereocenters. The third-order valence-electron chi connectivity index (χ3n) is 5.62. The van der Waals surface area contributed by atoms with Crippen molar-refractivity contribution in [3.63, 3.8) is 0 Å². The van der Waals surface area contributed by atoms with Gasteiger partial charge in [0.1, 0.15) is 11.6 Å². The summed E-state index contributed by atoms with van der Waals surface area (Å²) in [6.07, 6.45) is 3.53. The van der Waals surface area contributed by atoms with Crippen LogP contribution in [0.3, 0.4) is 0 Å². The van der Waals surface area contributed by atoms with Crippen LogP contribution >= 0.6 is 23.4 Å². The minimum Gasteiger partial charge on any atom is -0.342 e. The normalized spacial score (nSPS) is 15.1. The standard InChI is InChI=1S/C26H17ClF2N2O2S/c27-21-12-19(28)10-9-16(21)15-31-25(32)24(34-26(31)33)11-18-14-30(23-8-4-2-6-20(18)23)13-17-5-1-3-7-22(17)29/h1-12,14H,13,15H2/b24-11+. The predicted molar refractivity (Wildman–Crippen MR) is 130 cm³/mol. The van der Waals surface area contributed by atoms with Crippen molar-refractivity contribution in [3.05, 3.63) is 111 Å². The molecule has 1 aliphatic rings. The summed E-state index contributed by atoms with van der Waals surface area (Å²) in [6.45, 7) is 0.279. The van der Waals surface area contributed by atoms with Crippen molar-refractivity contribution in [1.82, 2.24) is 9.47 Å². The molecule has 4 nitrogen and oxygen atoms in total. The van der Waals surface area contributed by atoms with Gasteiger partial charge >= 0.3 is 0 Å². The highest BCUT2D eigenvalue weighted by atomic mass is 35.5. The molecular formula is C26H17ClF2N2O2S. The Labute approximate surface area is 203 Å². The maximum absolute atomic E-state index is 14.2. The number of benzene rings is 3. The molecule has 1 aromatic heterocycles. The van der Waals surface area contributed by atoms with E-state index >= 15 is 0 Å². The number of nitrogens with zero attached hydrogens (tertiary/aromatic N) is 2. The summed E-state index contributed by atoms with van der Waals surface area (Å²) < 4.78 is 29.5. The fourth-order valence-corrected chi connectivity index (χ4v) is 4.99. The number of para-hydroxylation sites is 1. The van der Waals surface area contributed by atoms with Crippen LogP contribution in [0.25, 0.3) is 17.0 Å². The molecule has 8 heteroatoms. The maximum atomic E-state index is 14.2. The van der Waals surface area contributed by atoms with Crippen LogP contribution in [-0.2, 0) is 17.9 Å². The molecule has 3 aromatic carbocycles. The smallest absolute Gasteiger partial charge is 0.293 e. The molecule has 0 aliphatic carbocycles. The quantitative estimate of drug-likeness (QED) is 0.285. The van der Waals surface area contributed by atoms with Crippen molar-refractivity contribution in [3.8, 4) is 0 Å². The Balaban J connectivity index is 1.47. The number of thioether (sulfide) groups is 1. The van der Waals surface area contributed by atoms with Crippen molar-refractivity contribution >= 4 is 51.5 Å². The second-order valence-electron chi connectivity index (χ2n) is 7.82. The zero-order valence-corrected chi connectivity index (χ0v) is 19.2. The number of hydrogen-bond acceptors (Lipinski definition) is 3. The molecule has 1 saturated heterocycles. The zero-order valence-electron chi connectivity index (χ0n) is 17.7. The fourth-order valence-electron chi connectivity index (χ4n) is 3.93. The summed E-state index contributed by atoms with van der Waals surface area (Å²) in [6, 6.07) is 18.1. The molecule has 0 radical (unpaired) electrons. The number of rotatable bonds is 5. The summed E-state index contributed by atoms with van der Waals surface area (Å²) in [4.78, 5) is 27.0. The number of hydrogen-bond donors (Lipinski definition) is 0. The molecule has 4 aromatic rings. The van der Waals surface area contributed by atoms with E-state index in [0.717, 1.165) is 39.2 Å². The van der Waals surface area contributed by atoms with Crippen LogP contribution in [-0.4, -0.2) is 20.6 Å². The molecule has 34 heavy (non-hydrogen) atoms. The number of fused-ring (bicyclic) bond motifs is 1. The number of imide groups is 1. The van der Waals surface area contributed by atoms with Gasteiger partial charge in [0, 0.05) is 33.2 Å². The maximum Gasteiger partial charge on any atom is 0.293 e. The van der Waals surface area contributed by atoms with Gasteiger partial charge in [0.25, 0.3) is 11.1 Å². The number of aromatic nitrogens is 1. The molecule has 1 fully saturated rings. The Morgan fingerprint density at radius 2 is 1.68 bits per heavy atom. The molecule has 0 atom stereocenters. The van der Waals surface area contributed by atoms with E-state index in [1.807, 2.05) is 35.0 Å². The highest BCUT2D eigenvalue weighted by Gasteiger charge is 2.35. The molecule has 170 valence electrons. The second-order valence-corrected chi connectivity index (χ2v) is 9.22. The van der Waals surface area contributed by atoms with Crippen LogP contribution in [0.15, 0.2) is 77.8 Å². The van der Waals surface area contributed by atoms with Gasteiger partial charge in [-0.25, -0.2) is 8.78 Å². The van der Waals surface area contributed by atoms with E-state index in [-0.39, 0.29) is 22.3 Å². The summed E-state index contributed by atoms with van der Waals surface area (Å²) in [7, 11) is 0. The molecule has 5 rings (SSSR count). The molecular weight excluding hydrogens is 478 g/mol. The van der Waals surface area contributed by atoms with Crippen LogP contribution in [0.4, 0.5) is 13.6 Å². The van der Waals surface area contributed by atoms with Gasteiger partial charge < -0.3 is 4.57 Å². The van der Waals surface area contributed by atoms with Gasteiger partial charge in [0.05, 0.1) is 18.0 Å². The van der Waals surface area contributed by atoms with Crippen molar-refractivity contribution in [2.45, 2.75) is 13.1 Å². The second kappa shape index (κ2) is 9.08. The van der Waals surface area contributed by atoms with Gasteiger partial charge in [-0.05, 0) is 47.7 Å². The van der Waals surface area contributed by atoms with Gasteiger partial charge in [-0.3, -0.25) is 14.5 Å². The fraction of sp³-hybridized carbons (Fsp3) is 0.0769. The van der Waals surface area contributed by atoms with Gasteiger partial charge in [0.15, 0.2) is 0 Å². The van der Waals surface area contributed by atoms with Crippen molar-refractivity contribution in [2.24, 2.45) is 0 Å². The van der Waals surface area contributed by atoms with Crippen LogP contribution in [0.5, 0.6) is 0 Å². The Bertz CT molecular complexity index is 1480. The molecule has 0 N–H and O–H groups in total. The third-order valence-corrected chi connectivity index (χ3v) is 6.88. The first-order valence-corrected chi connectivity index (χ1v) is 11.6. The van der Waals surface area contributed by atoms with Crippen LogP contribution < -0.4 is 0 Å². The lowest BCUT2D eigenvalue weighted by Crippen LogP contribution is -2.27. The van der Waals surface area contributed by atoms with E-state index in [1.165, 1.54) is 18.2 Å². The lowest BCUT2D eigenvalue weighted by atomic mass is 10.1. The van der Waals surface area contributed by atoms with E-state index in [4.69, 9.17) is 11.6 Å². The van der Waals surface area contributed by atoms with Crippen molar-refractivity contribution in [1.29, 1.82) is 0 Å². The number of carbonyl (C=O) groups excluding carboxylic acids is 2. The van der Waals surface area contributed by atoms with Gasteiger partial charge in [-0.1, -0.05) is 54.1 Å². The van der Waals surface area contributed by atoms with Gasteiger partial charge in [0.2, 0.25) is 0 Å². The summed E-state index contributed by atoms with van der Waals surface area (Å²) in [5.74, 6) is -1.22. The first-order chi connectivity index (χ1) is 16.4. The van der Waals surface area contributed by atoms with Gasteiger partial charge in [-0.15, -0.1) is 0 Å². The van der Waals surface area contributed by atoms with Gasteiger partial charge in [-0.2, -0.15) is 0 Å². The number of carbonyl (C=O) groups is 2. The first kappa shape index (κ1) is 22.4. The zero-order chi connectivity index (χ0) is 23.8. The minimum absolute atomic E-state index is 0.0455. The van der Waals surface area contributed by atoms with E-state index < -0.39 is 17.0 Å². The lowest BCUT2D eigenvalue weighted by molar-refractivity contribution is -0.123. The summed E-state index contributed by atoms with van der Waals surface area (Å²) in [5, 5.41) is 0.609. The molecule has 0 spiro atoms. The Morgan fingerprint density at radius 3 is 2.47 bits per heavy atom. The van der Waals surface area contributed by atoms with E-state index in [1.54, 1.807) is 24.3 Å². The molecule has 0 saturated carbocycles. The first-order valence-electron chi connectivity index (χ1n) is 10.4. The van der Waals surface area contributed by atoms with Crippen molar-refractivity contribution < 1.29 is 18.4 Å². The van der Waals surface area contributed by atoms with E-state index in [9.17, 15) is 18.4 Å². The van der Waals surface area contributed by atoms with Crippen LogP contribution in [0, 0.1) is 11.6 Å². The third kappa shape index (κ3) is 4.24. The number of amides is 2. The highest BCUT2D eigenvalue weighted by molar-refractivity contribution is 8.18. The lowest BCUT2D eigenvalue weighted by Gasteiger charge is -2.13. The topological polar surface area (TPSA) is 42.3 Å². The molecule has 2 heterocycles. The average molecular weight is 495 g/mol. The Morgan fingerprint density at radius 1 is 0.912 bits per heavy atom. The van der Waals surface area contributed by atoms with E-state index in [2.05, 4.69) is 0 Å². The monoisotopic (exact) mass is 494 g/mol. The summed E-state index contributed by atoms with van der Waals surface area (Å²) >= 11 is 6.92. The molecule has 0 bridgehead atoms. The SMILES string of the molecule is O=C1S/C(=C/c2cn(Cc3ccccc3F)c3ccccc23)C(=O)N1Cc1ccc(F)cc1Cl. The van der Waals surface area contributed by atoms with Crippen LogP contribution in [0.1, 0.15) is 16.7 Å². The Kier molecular flexibility index (Phi) is 5.98. The van der Waals surface area contributed by atoms with E-state index in [0.29, 0.717) is 17.7 Å². The average Bonchev–Trinajstić information content (AvgIpc) is 3.29. The largest absolute Gasteiger partial charge is 0.342 e. The van der Waals surface area contributed by atoms with Crippen LogP contribution in [0.2, 0.25) is 5.02 Å². The molecule has 2 amide bonds. The van der Waals surface area contributed by atoms with Crippen molar-refractivity contribution in [2.75, 3.05) is 0 Å². The number of halogens is 3. The Hall–Kier alpha value is -3.42. The minimum atomic E-state index is -0.491. The molecule has 1 aliphatic heterocycles. The highest BCUT2D eigenvalue weighted by Crippen LogP contribution is 2.36. The summed E-state index contributed by atoms with van der Waals surface area (Å²) in [5.41, 5.74) is 2.66.